The highest BCUT2D eigenvalue weighted by Gasteiger charge is 2.21. The molecule has 6 aromatic rings. The number of aliphatic carboxylic acids is 1. The fraction of sp³-hybridized carbons (Fsp3) is 0.235. The first-order valence-corrected chi connectivity index (χ1v) is 15.6. The van der Waals surface area contributed by atoms with E-state index in [4.69, 9.17) is 28.3 Å². The van der Waals surface area contributed by atoms with Crippen molar-refractivity contribution in [2.45, 2.75) is 26.7 Å². The van der Waals surface area contributed by atoms with Gasteiger partial charge in [-0.05, 0) is 72.8 Å². The van der Waals surface area contributed by atoms with Crippen molar-refractivity contribution in [3.8, 4) is 0 Å². The van der Waals surface area contributed by atoms with Gasteiger partial charge in [0.2, 0.25) is 5.91 Å². The topological polar surface area (TPSA) is 153 Å². The molecule has 1 amide bonds. The highest BCUT2D eigenvalue weighted by atomic mass is 35.5. The highest BCUT2D eigenvalue weighted by Crippen LogP contribution is 2.22. The number of hydrogen-bond donors (Lipinski definition) is 4. The summed E-state index contributed by atoms with van der Waals surface area (Å²) >= 11 is 11.5. The Balaban J connectivity index is 0.000000178. The first-order chi connectivity index (χ1) is 22.6. The predicted molar refractivity (Wildman–Crippen MR) is 187 cm³/mol. The number of anilines is 2. The summed E-state index contributed by atoms with van der Waals surface area (Å²) in [6.45, 7) is 3.59. The van der Waals surface area contributed by atoms with E-state index >= 15 is 0 Å². The van der Waals surface area contributed by atoms with Crippen LogP contribution in [0.25, 0.3) is 22.1 Å². The van der Waals surface area contributed by atoms with Crippen LogP contribution in [0.3, 0.4) is 0 Å². The highest BCUT2D eigenvalue weighted by molar-refractivity contribution is 6.30. The number of rotatable bonds is 8. The molecule has 13 heteroatoms. The van der Waals surface area contributed by atoms with Gasteiger partial charge in [0.25, 0.3) is 0 Å². The smallest absolute Gasteiger partial charge is 0.306 e. The Hall–Kier alpha value is -5.00. The first kappa shape index (κ1) is 34.9. The standard InChI is InChI=1S/C17H17ClN4O.C10H11N3O2.C7H8ClN/c1-11(10-15-14-4-3-9-19-16(14)21-20-15)17(23)22(2)13-7-5-12(18)6-8-13;1-6(10(14)15)5-8-7-3-2-4-11-9(7)13-12-8;1-9-7-4-2-6(8)3-5-7/h3-9,11H,10H2,1-2H3,(H,19,20,21);2-4,6H,5H2,1H3,(H,14,15)(H,11,12,13);2-5,9H,1H3. The van der Waals surface area contributed by atoms with Crippen LogP contribution in [0.5, 0.6) is 0 Å². The van der Waals surface area contributed by atoms with E-state index in [0.29, 0.717) is 29.2 Å². The second-order valence-corrected chi connectivity index (χ2v) is 11.7. The van der Waals surface area contributed by atoms with Gasteiger partial charge in [0.05, 0.1) is 5.92 Å². The number of carboxylic acid groups (broad SMARTS) is 1. The van der Waals surface area contributed by atoms with Gasteiger partial charge in [-0.25, -0.2) is 9.97 Å². The van der Waals surface area contributed by atoms with E-state index in [2.05, 4.69) is 35.7 Å². The average molecular weight is 676 g/mol. The first-order valence-electron chi connectivity index (χ1n) is 14.8. The maximum Gasteiger partial charge on any atom is 0.306 e. The predicted octanol–water partition coefficient (Wildman–Crippen LogP) is 7.06. The molecular formula is C34H36Cl2N8O3. The van der Waals surface area contributed by atoms with Crippen LogP contribution in [0.15, 0.2) is 85.2 Å². The Morgan fingerprint density at radius 2 is 1.26 bits per heavy atom. The molecule has 0 aliphatic heterocycles. The van der Waals surface area contributed by atoms with Gasteiger partial charge in [0, 0.05) is 88.8 Å². The number of halogens is 2. The van der Waals surface area contributed by atoms with E-state index in [1.807, 2.05) is 74.6 Å². The van der Waals surface area contributed by atoms with E-state index in [0.717, 1.165) is 38.6 Å². The van der Waals surface area contributed by atoms with Crippen LogP contribution in [0.4, 0.5) is 11.4 Å². The molecule has 0 fully saturated rings. The second kappa shape index (κ2) is 16.5. The number of carboxylic acids is 1. The lowest BCUT2D eigenvalue weighted by atomic mass is 10.0. The van der Waals surface area contributed by atoms with Crippen molar-refractivity contribution >= 4 is 68.5 Å². The molecule has 0 saturated carbocycles. The molecule has 0 radical (unpaired) electrons. The summed E-state index contributed by atoms with van der Waals surface area (Å²) in [5.74, 6) is -1.37. The third kappa shape index (κ3) is 9.50. The van der Waals surface area contributed by atoms with Gasteiger partial charge in [0.1, 0.15) is 0 Å². The third-order valence-corrected chi connectivity index (χ3v) is 7.86. The van der Waals surface area contributed by atoms with Gasteiger partial charge < -0.3 is 15.3 Å². The Labute approximate surface area is 282 Å². The minimum Gasteiger partial charge on any atom is -0.481 e. The quantitative estimate of drug-likeness (QED) is 0.134. The molecule has 4 N–H and O–H groups in total. The largest absolute Gasteiger partial charge is 0.481 e. The maximum atomic E-state index is 12.6. The van der Waals surface area contributed by atoms with Gasteiger partial charge in [-0.3, -0.25) is 19.8 Å². The molecule has 2 aromatic carbocycles. The number of carbonyl (C=O) groups is 2. The number of fused-ring (bicyclic) bond motifs is 2. The third-order valence-electron chi connectivity index (χ3n) is 7.36. The zero-order chi connectivity index (χ0) is 33.9. The van der Waals surface area contributed by atoms with Crippen molar-refractivity contribution < 1.29 is 14.7 Å². The number of aromatic amines is 2. The lowest BCUT2D eigenvalue weighted by molar-refractivity contribution is -0.141. The molecule has 2 atom stereocenters. The van der Waals surface area contributed by atoms with Crippen LogP contribution in [0, 0.1) is 11.8 Å². The Morgan fingerprint density at radius 1 is 0.787 bits per heavy atom. The van der Waals surface area contributed by atoms with Crippen molar-refractivity contribution in [1.29, 1.82) is 0 Å². The van der Waals surface area contributed by atoms with E-state index < -0.39 is 11.9 Å². The summed E-state index contributed by atoms with van der Waals surface area (Å²) in [4.78, 5) is 33.3. The van der Waals surface area contributed by atoms with Crippen molar-refractivity contribution in [3.63, 3.8) is 0 Å². The zero-order valence-corrected chi connectivity index (χ0v) is 27.9. The molecule has 0 aliphatic rings. The molecule has 47 heavy (non-hydrogen) atoms. The van der Waals surface area contributed by atoms with Crippen LogP contribution in [0.1, 0.15) is 25.2 Å². The molecule has 0 spiro atoms. The van der Waals surface area contributed by atoms with Crippen molar-refractivity contribution in [1.82, 2.24) is 30.4 Å². The number of nitrogens with zero attached hydrogens (tertiary/aromatic N) is 5. The van der Waals surface area contributed by atoms with Gasteiger partial charge in [-0.2, -0.15) is 10.2 Å². The lowest BCUT2D eigenvalue weighted by Crippen LogP contribution is -2.32. The number of benzene rings is 2. The molecule has 0 saturated heterocycles. The molecule has 244 valence electrons. The summed E-state index contributed by atoms with van der Waals surface area (Å²) in [6, 6.07) is 22.3. The number of nitrogens with one attached hydrogen (secondary N) is 3. The molecule has 4 aromatic heterocycles. The van der Waals surface area contributed by atoms with Crippen molar-refractivity contribution in [3.05, 3.63) is 107 Å². The van der Waals surface area contributed by atoms with Crippen molar-refractivity contribution in [2.24, 2.45) is 11.8 Å². The maximum absolute atomic E-state index is 12.6. The number of pyridine rings is 2. The van der Waals surface area contributed by atoms with E-state index in [1.165, 1.54) is 0 Å². The normalized spacial score (nSPS) is 11.9. The monoisotopic (exact) mass is 674 g/mol. The van der Waals surface area contributed by atoms with E-state index in [-0.39, 0.29) is 11.8 Å². The zero-order valence-electron chi connectivity index (χ0n) is 26.4. The van der Waals surface area contributed by atoms with Crippen LogP contribution < -0.4 is 10.2 Å². The van der Waals surface area contributed by atoms with E-state index in [1.54, 1.807) is 43.4 Å². The number of hydrogen-bond acceptors (Lipinski definition) is 7. The number of amides is 1. The number of carbonyl (C=O) groups excluding carboxylic acids is 1. The molecule has 2 unspecified atom stereocenters. The number of H-pyrrole nitrogens is 2. The SMILES string of the molecule is CC(Cc1[nH]nc2ncccc12)C(=O)N(C)c1ccc(Cl)cc1.CC(Cc1[nH]nc2ncccc12)C(=O)O.CNc1ccc(Cl)cc1. The Bertz CT molecular complexity index is 1910. The van der Waals surface area contributed by atoms with Crippen LogP contribution in [0.2, 0.25) is 10.0 Å². The van der Waals surface area contributed by atoms with E-state index in [9.17, 15) is 9.59 Å². The minimum absolute atomic E-state index is 0.0407. The molecule has 6 rings (SSSR count). The number of aromatic nitrogens is 6. The van der Waals surface area contributed by atoms with Gasteiger partial charge >= 0.3 is 5.97 Å². The van der Waals surface area contributed by atoms with Gasteiger partial charge in [-0.1, -0.05) is 37.0 Å². The van der Waals surface area contributed by atoms with Crippen LogP contribution >= 0.6 is 23.2 Å². The second-order valence-electron chi connectivity index (χ2n) is 10.8. The summed E-state index contributed by atoms with van der Waals surface area (Å²) < 4.78 is 0. The molecule has 0 aliphatic carbocycles. The van der Waals surface area contributed by atoms with Gasteiger partial charge in [-0.15, -0.1) is 0 Å². The Kier molecular flexibility index (Phi) is 12.3. The molecular weight excluding hydrogens is 639 g/mol. The molecule has 4 heterocycles. The fourth-order valence-electron chi connectivity index (χ4n) is 4.64. The fourth-order valence-corrected chi connectivity index (χ4v) is 4.89. The average Bonchev–Trinajstić information content (AvgIpc) is 3.69. The van der Waals surface area contributed by atoms with Gasteiger partial charge in [0.15, 0.2) is 11.3 Å². The lowest BCUT2D eigenvalue weighted by Gasteiger charge is -2.21. The van der Waals surface area contributed by atoms with Crippen LogP contribution in [-0.2, 0) is 22.4 Å². The Morgan fingerprint density at radius 3 is 1.72 bits per heavy atom. The minimum atomic E-state index is -0.804. The molecule has 0 bridgehead atoms. The summed E-state index contributed by atoms with van der Waals surface area (Å²) in [7, 11) is 3.65. The summed E-state index contributed by atoms with van der Waals surface area (Å²) in [6.07, 6.45) is 4.39. The van der Waals surface area contributed by atoms with Crippen molar-refractivity contribution in [2.75, 3.05) is 24.3 Å². The summed E-state index contributed by atoms with van der Waals surface area (Å²) in [5, 5.41) is 29.1. The molecule has 11 nitrogen and oxygen atoms in total. The van der Waals surface area contributed by atoms with Crippen LogP contribution in [-0.4, -0.2) is 61.4 Å². The summed E-state index contributed by atoms with van der Waals surface area (Å²) in [5.41, 5.74) is 4.96.